The summed E-state index contributed by atoms with van der Waals surface area (Å²) in [4.78, 5) is 17.1. The second kappa shape index (κ2) is 10.8. The highest BCUT2D eigenvalue weighted by Gasteiger charge is 2.31. The number of halogens is 3. The zero-order chi connectivity index (χ0) is 27.4. The molecule has 0 radical (unpaired) electrons. The van der Waals surface area contributed by atoms with Gasteiger partial charge >= 0.3 is 12.2 Å². The van der Waals surface area contributed by atoms with Gasteiger partial charge in [-0.05, 0) is 62.4 Å². The maximum atomic E-state index is 13.3. The first-order valence-corrected chi connectivity index (χ1v) is 11.5. The largest absolute Gasteiger partial charge is 0.497 e. The van der Waals surface area contributed by atoms with Crippen molar-refractivity contribution in [3.05, 3.63) is 77.9 Å². The SMILES string of the molecule is COc1cc(OC)cc(C(=O)Nc2ccc(-n3nc(OC(C)C)nc3-c3cccc(C(F)(F)F)c3)cc2)c1. The van der Waals surface area contributed by atoms with Crippen molar-refractivity contribution >= 4 is 11.6 Å². The lowest BCUT2D eigenvalue weighted by Crippen LogP contribution is -2.12. The van der Waals surface area contributed by atoms with Crippen molar-refractivity contribution in [1.82, 2.24) is 14.8 Å². The zero-order valence-electron chi connectivity index (χ0n) is 21.0. The molecule has 0 bridgehead atoms. The van der Waals surface area contributed by atoms with Gasteiger partial charge in [-0.25, -0.2) is 4.68 Å². The smallest absolute Gasteiger partial charge is 0.416 e. The summed E-state index contributed by atoms with van der Waals surface area (Å²) < 4.78 is 57.4. The zero-order valence-corrected chi connectivity index (χ0v) is 21.0. The molecule has 0 saturated carbocycles. The van der Waals surface area contributed by atoms with Crippen LogP contribution in [0.4, 0.5) is 18.9 Å². The summed E-state index contributed by atoms with van der Waals surface area (Å²) in [6.45, 7) is 3.58. The van der Waals surface area contributed by atoms with Crippen LogP contribution >= 0.6 is 0 Å². The van der Waals surface area contributed by atoms with Crippen molar-refractivity contribution in [2.75, 3.05) is 19.5 Å². The number of alkyl halides is 3. The minimum absolute atomic E-state index is 0.0248. The fraction of sp³-hybridized carbons (Fsp3) is 0.222. The van der Waals surface area contributed by atoms with Crippen LogP contribution in [0, 0.1) is 0 Å². The maximum absolute atomic E-state index is 13.3. The van der Waals surface area contributed by atoms with Crippen molar-refractivity contribution in [1.29, 1.82) is 0 Å². The van der Waals surface area contributed by atoms with E-state index in [1.54, 1.807) is 56.3 Å². The Balaban J connectivity index is 1.64. The Morgan fingerprint density at radius 2 is 1.61 bits per heavy atom. The number of ether oxygens (including phenoxy) is 3. The van der Waals surface area contributed by atoms with Gasteiger partial charge in [-0.2, -0.15) is 18.2 Å². The lowest BCUT2D eigenvalue weighted by atomic mass is 10.1. The third kappa shape index (κ3) is 6.05. The van der Waals surface area contributed by atoms with E-state index in [0.717, 1.165) is 12.1 Å². The Kier molecular flexibility index (Phi) is 7.56. The van der Waals surface area contributed by atoms with Crippen LogP contribution in [-0.4, -0.2) is 41.0 Å². The summed E-state index contributed by atoms with van der Waals surface area (Å²) in [7, 11) is 2.98. The van der Waals surface area contributed by atoms with Gasteiger partial charge in [-0.1, -0.05) is 12.1 Å². The van der Waals surface area contributed by atoms with E-state index in [1.165, 1.54) is 31.0 Å². The van der Waals surface area contributed by atoms with Crippen molar-refractivity contribution in [2.45, 2.75) is 26.1 Å². The van der Waals surface area contributed by atoms with E-state index in [4.69, 9.17) is 14.2 Å². The standard InChI is InChI=1S/C27H25F3N4O4/c1-16(2)38-26-32-24(17-6-5-7-19(12-17)27(28,29)30)34(33-26)21-10-8-20(9-11-21)31-25(35)18-13-22(36-3)15-23(14-18)37-4/h5-16H,1-4H3,(H,31,35). The quantitative estimate of drug-likeness (QED) is 0.303. The Morgan fingerprint density at radius 1 is 0.947 bits per heavy atom. The van der Waals surface area contributed by atoms with E-state index in [1.807, 2.05) is 0 Å². The molecule has 1 amide bonds. The average Bonchev–Trinajstić information content (AvgIpc) is 3.31. The molecule has 3 aromatic carbocycles. The average molecular weight is 527 g/mol. The number of amides is 1. The third-order valence-electron chi connectivity index (χ3n) is 5.36. The molecular formula is C27H25F3N4O4. The molecule has 198 valence electrons. The minimum atomic E-state index is -4.51. The number of nitrogens with one attached hydrogen (secondary N) is 1. The highest BCUT2D eigenvalue weighted by atomic mass is 19.4. The maximum Gasteiger partial charge on any atom is 0.416 e. The molecule has 1 N–H and O–H groups in total. The lowest BCUT2D eigenvalue weighted by molar-refractivity contribution is -0.137. The summed E-state index contributed by atoms with van der Waals surface area (Å²) in [6.07, 6.45) is -4.75. The third-order valence-corrected chi connectivity index (χ3v) is 5.36. The van der Waals surface area contributed by atoms with Gasteiger partial charge in [0.1, 0.15) is 11.5 Å². The first kappa shape index (κ1) is 26.5. The molecule has 38 heavy (non-hydrogen) atoms. The number of anilines is 1. The molecule has 0 aliphatic heterocycles. The molecule has 11 heteroatoms. The van der Waals surface area contributed by atoms with Gasteiger partial charge < -0.3 is 19.5 Å². The number of nitrogens with zero attached hydrogens (tertiary/aromatic N) is 3. The first-order chi connectivity index (χ1) is 18.1. The molecule has 0 atom stereocenters. The molecule has 0 unspecified atom stereocenters. The number of hydrogen-bond donors (Lipinski definition) is 1. The van der Waals surface area contributed by atoms with Crippen molar-refractivity contribution in [3.63, 3.8) is 0 Å². The number of methoxy groups -OCH3 is 2. The fourth-order valence-electron chi connectivity index (χ4n) is 3.58. The van der Waals surface area contributed by atoms with Crippen molar-refractivity contribution in [2.24, 2.45) is 0 Å². The van der Waals surface area contributed by atoms with Gasteiger partial charge in [0, 0.05) is 22.9 Å². The molecule has 0 aliphatic carbocycles. The first-order valence-electron chi connectivity index (χ1n) is 11.5. The number of hydrogen-bond acceptors (Lipinski definition) is 6. The van der Waals surface area contributed by atoms with Crippen LogP contribution in [0.2, 0.25) is 0 Å². The van der Waals surface area contributed by atoms with Gasteiger partial charge in [-0.15, -0.1) is 5.10 Å². The number of rotatable bonds is 8. The van der Waals surface area contributed by atoms with Crippen molar-refractivity contribution < 1.29 is 32.2 Å². The molecule has 4 rings (SSSR count). The topological polar surface area (TPSA) is 87.5 Å². The van der Waals surface area contributed by atoms with Crippen LogP contribution in [0.1, 0.15) is 29.8 Å². The van der Waals surface area contributed by atoms with Gasteiger partial charge in [0.2, 0.25) is 0 Å². The molecule has 0 spiro atoms. The molecule has 0 aliphatic rings. The van der Waals surface area contributed by atoms with E-state index < -0.39 is 11.7 Å². The number of aromatic nitrogens is 3. The molecule has 0 saturated heterocycles. The molecule has 1 heterocycles. The lowest BCUT2D eigenvalue weighted by Gasteiger charge is -2.11. The summed E-state index contributed by atoms with van der Waals surface area (Å²) in [5, 5.41) is 7.15. The highest BCUT2D eigenvalue weighted by molar-refractivity contribution is 6.04. The second-order valence-corrected chi connectivity index (χ2v) is 8.48. The van der Waals surface area contributed by atoms with Gasteiger partial charge in [0.15, 0.2) is 5.82 Å². The van der Waals surface area contributed by atoms with Crippen molar-refractivity contribution in [3.8, 4) is 34.6 Å². The molecular weight excluding hydrogens is 501 g/mol. The van der Waals surface area contributed by atoms with Crippen LogP contribution in [0.5, 0.6) is 17.5 Å². The van der Waals surface area contributed by atoms with E-state index in [-0.39, 0.29) is 29.4 Å². The Bertz CT molecular complexity index is 1410. The monoisotopic (exact) mass is 526 g/mol. The van der Waals surface area contributed by atoms with E-state index in [9.17, 15) is 18.0 Å². The number of benzene rings is 3. The van der Waals surface area contributed by atoms with Crippen LogP contribution < -0.4 is 19.5 Å². The molecule has 0 fully saturated rings. The van der Waals surface area contributed by atoms with Gasteiger partial charge in [0.25, 0.3) is 5.91 Å². The highest BCUT2D eigenvalue weighted by Crippen LogP contribution is 2.33. The Hall–Kier alpha value is -4.54. The summed E-state index contributed by atoms with van der Waals surface area (Å²) in [5.74, 6) is 0.732. The summed E-state index contributed by atoms with van der Waals surface area (Å²) in [5.41, 5.74) is 0.742. The Morgan fingerprint density at radius 3 is 2.18 bits per heavy atom. The number of carbonyl (C=O) groups is 1. The number of carbonyl (C=O) groups excluding carboxylic acids is 1. The molecule has 8 nitrogen and oxygen atoms in total. The minimum Gasteiger partial charge on any atom is -0.497 e. The predicted molar refractivity (Wildman–Crippen MR) is 135 cm³/mol. The van der Waals surface area contributed by atoms with Crippen LogP contribution in [0.25, 0.3) is 17.1 Å². The van der Waals surface area contributed by atoms with Crippen LogP contribution in [-0.2, 0) is 6.18 Å². The van der Waals surface area contributed by atoms with Gasteiger partial charge in [0.05, 0.1) is 31.6 Å². The second-order valence-electron chi connectivity index (χ2n) is 8.48. The predicted octanol–water partition coefficient (Wildman–Crippen LogP) is 6.01. The molecule has 4 aromatic rings. The fourth-order valence-corrected chi connectivity index (χ4v) is 3.58. The van der Waals surface area contributed by atoms with Gasteiger partial charge in [-0.3, -0.25) is 4.79 Å². The normalized spacial score (nSPS) is 11.4. The van der Waals surface area contributed by atoms with E-state index in [0.29, 0.717) is 28.4 Å². The Labute approximate surface area is 217 Å². The summed E-state index contributed by atoms with van der Waals surface area (Å²) >= 11 is 0. The van der Waals surface area contributed by atoms with E-state index >= 15 is 0 Å². The van der Waals surface area contributed by atoms with E-state index in [2.05, 4.69) is 15.4 Å². The summed E-state index contributed by atoms with van der Waals surface area (Å²) in [6, 6.07) is 16.3. The molecule has 1 aromatic heterocycles. The van der Waals surface area contributed by atoms with Crippen LogP contribution in [0.15, 0.2) is 66.7 Å². The van der Waals surface area contributed by atoms with Crippen LogP contribution in [0.3, 0.4) is 0 Å².